The second-order valence-electron chi connectivity index (χ2n) is 3.27. The van der Waals surface area contributed by atoms with E-state index in [4.69, 9.17) is 9.29 Å². The molecule has 1 aromatic carbocycles. The molecule has 0 bridgehead atoms. The van der Waals surface area contributed by atoms with Crippen LogP contribution in [0.3, 0.4) is 0 Å². The average Bonchev–Trinajstić information content (AvgIpc) is 2.25. The van der Waals surface area contributed by atoms with E-state index in [1.807, 2.05) is 24.3 Å². The Labute approximate surface area is 92.7 Å². The van der Waals surface area contributed by atoms with Crippen molar-refractivity contribution in [3.05, 3.63) is 29.8 Å². The van der Waals surface area contributed by atoms with E-state index in [9.17, 15) is 4.21 Å². The molecular weight excluding hydrogens is 212 g/mol. The molecule has 84 valence electrons. The van der Waals surface area contributed by atoms with Gasteiger partial charge in [-0.2, -0.15) is 0 Å². The summed E-state index contributed by atoms with van der Waals surface area (Å²) < 4.78 is 24.5. The van der Waals surface area contributed by atoms with Gasteiger partial charge in [0.25, 0.3) is 0 Å². The Kier molecular flexibility index (Phi) is 5.36. The van der Waals surface area contributed by atoms with Crippen LogP contribution in [0.1, 0.15) is 18.9 Å². The maximum absolute atomic E-state index is 10.5. The maximum atomic E-state index is 10.5. The number of ether oxygens (including phenoxy) is 1. The van der Waals surface area contributed by atoms with Gasteiger partial charge >= 0.3 is 0 Å². The van der Waals surface area contributed by atoms with Crippen LogP contribution in [0, 0.1) is 0 Å². The number of hydrogen-bond acceptors (Lipinski definition) is 2. The smallest absolute Gasteiger partial charge is 0.153 e. The van der Waals surface area contributed by atoms with Crippen LogP contribution >= 0.6 is 0 Å². The van der Waals surface area contributed by atoms with E-state index in [0.29, 0.717) is 6.42 Å². The lowest BCUT2D eigenvalue weighted by Gasteiger charge is -2.05. The predicted octanol–water partition coefficient (Wildman–Crippen LogP) is 2.24. The van der Waals surface area contributed by atoms with Gasteiger partial charge in [0, 0.05) is 0 Å². The Hall–Kier alpha value is -0.870. The highest BCUT2D eigenvalue weighted by molar-refractivity contribution is 7.79. The van der Waals surface area contributed by atoms with Crippen LogP contribution < -0.4 is 4.74 Å². The van der Waals surface area contributed by atoms with Gasteiger partial charge in [0.1, 0.15) is 5.75 Å². The highest BCUT2D eigenvalue weighted by Crippen LogP contribution is 2.12. The number of hydrogen-bond donors (Lipinski definition) is 1. The summed E-state index contributed by atoms with van der Waals surface area (Å²) in [4.78, 5) is 0. The Bertz CT molecular complexity index is 308. The molecule has 0 radical (unpaired) electrons. The van der Waals surface area contributed by atoms with E-state index in [0.717, 1.165) is 24.3 Å². The standard InChI is InChI=1S/C11H16O3S/c1-2-8-14-11-5-3-10(4-6-11)7-9-15(12)13/h3-6H,2,7-9H2,1H3,(H,12,13). The fraction of sp³-hybridized carbons (Fsp3) is 0.455. The molecule has 0 aliphatic rings. The second kappa shape index (κ2) is 6.58. The molecule has 1 aromatic rings. The van der Waals surface area contributed by atoms with Crippen LogP contribution in [-0.4, -0.2) is 21.1 Å². The van der Waals surface area contributed by atoms with Crippen LogP contribution in [-0.2, 0) is 17.5 Å². The van der Waals surface area contributed by atoms with E-state index in [-0.39, 0.29) is 5.75 Å². The zero-order valence-electron chi connectivity index (χ0n) is 8.81. The summed E-state index contributed by atoms with van der Waals surface area (Å²) >= 11 is -1.71. The summed E-state index contributed by atoms with van der Waals surface area (Å²) in [5.74, 6) is 1.14. The molecule has 0 saturated heterocycles. The third kappa shape index (κ3) is 4.95. The van der Waals surface area contributed by atoms with E-state index in [2.05, 4.69) is 6.92 Å². The van der Waals surface area contributed by atoms with Crippen LogP contribution in [0.2, 0.25) is 0 Å². The lowest BCUT2D eigenvalue weighted by molar-refractivity contribution is 0.317. The minimum Gasteiger partial charge on any atom is -0.494 e. The average molecular weight is 228 g/mol. The molecule has 3 nitrogen and oxygen atoms in total. The van der Waals surface area contributed by atoms with E-state index < -0.39 is 11.1 Å². The zero-order chi connectivity index (χ0) is 11.1. The summed E-state index contributed by atoms with van der Waals surface area (Å²) in [6.45, 7) is 2.78. The molecule has 1 unspecified atom stereocenters. The van der Waals surface area contributed by atoms with Crippen LogP contribution in [0.25, 0.3) is 0 Å². The molecular formula is C11H16O3S. The number of aryl methyl sites for hydroxylation is 1. The first kappa shape index (κ1) is 12.2. The van der Waals surface area contributed by atoms with Crippen molar-refractivity contribution in [1.29, 1.82) is 0 Å². The highest BCUT2D eigenvalue weighted by Gasteiger charge is 1.98. The van der Waals surface area contributed by atoms with E-state index >= 15 is 0 Å². The first-order valence-electron chi connectivity index (χ1n) is 5.01. The van der Waals surface area contributed by atoms with Crippen LogP contribution in [0.5, 0.6) is 5.75 Å². The van der Waals surface area contributed by atoms with Crippen molar-refractivity contribution < 1.29 is 13.5 Å². The Morgan fingerprint density at radius 3 is 2.53 bits per heavy atom. The van der Waals surface area contributed by atoms with Crippen molar-refractivity contribution in [3.63, 3.8) is 0 Å². The van der Waals surface area contributed by atoms with Crippen LogP contribution in [0.15, 0.2) is 24.3 Å². The Morgan fingerprint density at radius 2 is 2.00 bits per heavy atom. The molecule has 0 heterocycles. The second-order valence-corrected chi connectivity index (χ2v) is 4.32. The maximum Gasteiger partial charge on any atom is 0.153 e. The van der Waals surface area contributed by atoms with Gasteiger partial charge in [-0.15, -0.1) is 0 Å². The van der Waals surface area contributed by atoms with Gasteiger partial charge in [-0.25, -0.2) is 4.21 Å². The van der Waals surface area contributed by atoms with E-state index in [1.165, 1.54) is 0 Å². The van der Waals surface area contributed by atoms with Crippen molar-refractivity contribution >= 4 is 11.1 Å². The number of benzene rings is 1. The quantitative estimate of drug-likeness (QED) is 0.759. The molecule has 0 amide bonds. The highest BCUT2D eigenvalue weighted by atomic mass is 32.2. The molecule has 0 aromatic heterocycles. The number of rotatable bonds is 6. The molecule has 1 N–H and O–H groups in total. The van der Waals surface area contributed by atoms with Gasteiger partial charge in [0.05, 0.1) is 12.4 Å². The summed E-state index contributed by atoms with van der Waals surface area (Å²) in [7, 11) is 0. The molecule has 0 spiro atoms. The minimum atomic E-state index is -1.71. The van der Waals surface area contributed by atoms with Crippen molar-refractivity contribution in [2.45, 2.75) is 19.8 Å². The van der Waals surface area contributed by atoms with Crippen molar-refractivity contribution in [1.82, 2.24) is 0 Å². The zero-order valence-corrected chi connectivity index (χ0v) is 9.63. The van der Waals surface area contributed by atoms with Gasteiger partial charge in [0.15, 0.2) is 11.1 Å². The van der Waals surface area contributed by atoms with Gasteiger partial charge < -0.3 is 9.29 Å². The lowest BCUT2D eigenvalue weighted by atomic mass is 10.2. The molecule has 15 heavy (non-hydrogen) atoms. The van der Waals surface area contributed by atoms with Gasteiger partial charge in [0.2, 0.25) is 0 Å². The normalized spacial score (nSPS) is 12.4. The van der Waals surface area contributed by atoms with Crippen LogP contribution in [0.4, 0.5) is 0 Å². The minimum absolute atomic E-state index is 0.287. The fourth-order valence-corrected chi connectivity index (χ4v) is 1.59. The first-order valence-corrected chi connectivity index (χ1v) is 6.29. The summed E-state index contributed by atoms with van der Waals surface area (Å²) in [5.41, 5.74) is 1.06. The predicted molar refractivity (Wildman–Crippen MR) is 61.6 cm³/mol. The topological polar surface area (TPSA) is 46.5 Å². The molecule has 0 fully saturated rings. The summed E-state index contributed by atoms with van der Waals surface area (Å²) in [6.07, 6.45) is 1.61. The molecule has 0 aliphatic heterocycles. The first-order chi connectivity index (χ1) is 7.22. The SMILES string of the molecule is CCCOc1ccc(CCS(=O)O)cc1. The molecule has 1 rings (SSSR count). The lowest BCUT2D eigenvalue weighted by Crippen LogP contribution is -1.99. The Morgan fingerprint density at radius 1 is 1.33 bits per heavy atom. The fourth-order valence-electron chi connectivity index (χ4n) is 1.18. The van der Waals surface area contributed by atoms with E-state index in [1.54, 1.807) is 0 Å². The summed E-state index contributed by atoms with van der Waals surface area (Å²) in [6, 6.07) is 7.65. The summed E-state index contributed by atoms with van der Waals surface area (Å²) in [5, 5.41) is 0. The van der Waals surface area contributed by atoms with Crippen molar-refractivity contribution in [2.24, 2.45) is 0 Å². The van der Waals surface area contributed by atoms with Gasteiger partial charge in [-0.3, -0.25) is 0 Å². The third-order valence-corrected chi connectivity index (χ3v) is 2.51. The largest absolute Gasteiger partial charge is 0.494 e. The van der Waals surface area contributed by atoms with Gasteiger partial charge in [-0.05, 0) is 30.5 Å². The third-order valence-electron chi connectivity index (χ3n) is 1.96. The Balaban J connectivity index is 2.45. The monoisotopic (exact) mass is 228 g/mol. The molecule has 0 aliphatic carbocycles. The van der Waals surface area contributed by atoms with Crippen molar-refractivity contribution in [3.8, 4) is 5.75 Å². The van der Waals surface area contributed by atoms with Gasteiger partial charge in [-0.1, -0.05) is 19.1 Å². The molecule has 1 atom stereocenters. The molecule has 4 heteroatoms. The van der Waals surface area contributed by atoms with Crippen molar-refractivity contribution in [2.75, 3.05) is 12.4 Å². The molecule has 0 saturated carbocycles.